The Kier molecular flexibility index (Phi) is 5.38. The lowest BCUT2D eigenvalue weighted by molar-refractivity contribution is -0.122. The van der Waals surface area contributed by atoms with Crippen LogP contribution < -0.4 is 15.0 Å². The highest BCUT2D eigenvalue weighted by Gasteiger charge is 2.35. The number of nitrogens with zero attached hydrogens (tertiary/aromatic N) is 2. The van der Waals surface area contributed by atoms with Crippen LogP contribution in [-0.2, 0) is 9.59 Å². The molecule has 0 aliphatic carbocycles. The molecule has 0 bridgehead atoms. The maximum atomic E-state index is 13.4. The van der Waals surface area contributed by atoms with Gasteiger partial charge in [0.1, 0.15) is 11.6 Å². The molecular weight excluding hydrogens is 417 g/mol. The number of carbonyl (C=O) groups excluding carboxylic acids is 2. The van der Waals surface area contributed by atoms with Crippen LogP contribution in [0.4, 0.5) is 15.2 Å². The van der Waals surface area contributed by atoms with Gasteiger partial charge in [0.2, 0.25) is 11.8 Å². The minimum atomic E-state index is -0.556. The van der Waals surface area contributed by atoms with Crippen molar-refractivity contribution in [3.8, 4) is 5.75 Å². The molecule has 6 nitrogen and oxygen atoms in total. The van der Waals surface area contributed by atoms with Crippen molar-refractivity contribution in [2.45, 2.75) is 13.3 Å². The third kappa shape index (κ3) is 4.04. The Hall–Kier alpha value is -2.71. The number of amides is 2. The second-order valence-electron chi connectivity index (χ2n) is 6.57. The van der Waals surface area contributed by atoms with Gasteiger partial charge in [0.25, 0.3) is 0 Å². The number of aromatic nitrogens is 1. The Morgan fingerprint density at radius 3 is 2.97 bits per heavy atom. The highest BCUT2D eigenvalue weighted by molar-refractivity contribution is 7.22. The van der Waals surface area contributed by atoms with Crippen LogP contribution >= 0.6 is 22.9 Å². The van der Waals surface area contributed by atoms with E-state index in [1.165, 1.54) is 34.4 Å². The molecule has 0 saturated carbocycles. The zero-order chi connectivity index (χ0) is 20.5. The Morgan fingerprint density at radius 2 is 2.21 bits per heavy atom. The van der Waals surface area contributed by atoms with Crippen LogP contribution in [0.25, 0.3) is 10.2 Å². The number of anilines is 2. The fraction of sp³-hybridized carbons (Fsp3) is 0.250. The molecule has 150 valence electrons. The lowest BCUT2D eigenvalue weighted by Gasteiger charge is -2.17. The van der Waals surface area contributed by atoms with E-state index in [2.05, 4.69) is 10.3 Å². The topological polar surface area (TPSA) is 71.5 Å². The van der Waals surface area contributed by atoms with Crippen LogP contribution in [0.5, 0.6) is 5.75 Å². The lowest BCUT2D eigenvalue weighted by Crippen LogP contribution is -2.28. The summed E-state index contributed by atoms with van der Waals surface area (Å²) in [5.74, 6) is -0.829. The first-order valence-corrected chi connectivity index (χ1v) is 10.2. The largest absolute Gasteiger partial charge is 0.494 e. The van der Waals surface area contributed by atoms with Crippen LogP contribution in [0.2, 0.25) is 5.02 Å². The molecule has 1 aromatic heterocycles. The SMILES string of the molecule is CCOc1ccc2nc(NC(=O)C3CC(=O)N(c4ccc(F)c(Cl)c4)C3)sc2c1. The summed E-state index contributed by atoms with van der Waals surface area (Å²) in [5.41, 5.74) is 1.24. The van der Waals surface area contributed by atoms with Crippen LogP contribution in [0.15, 0.2) is 36.4 Å². The minimum Gasteiger partial charge on any atom is -0.494 e. The van der Waals surface area contributed by atoms with E-state index in [9.17, 15) is 14.0 Å². The maximum absolute atomic E-state index is 13.4. The summed E-state index contributed by atoms with van der Waals surface area (Å²) >= 11 is 7.15. The highest BCUT2D eigenvalue weighted by Crippen LogP contribution is 2.32. The lowest BCUT2D eigenvalue weighted by atomic mass is 10.1. The van der Waals surface area contributed by atoms with Crippen molar-refractivity contribution in [2.24, 2.45) is 5.92 Å². The van der Waals surface area contributed by atoms with Crippen molar-refractivity contribution in [3.05, 3.63) is 47.2 Å². The fourth-order valence-corrected chi connectivity index (χ4v) is 4.28. The zero-order valence-electron chi connectivity index (χ0n) is 15.4. The van der Waals surface area contributed by atoms with Crippen LogP contribution in [0.1, 0.15) is 13.3 Å². The number of thiazole rings is 1. The van der Waals surface area contributed by atoms with Crippen LogP contribution in [0, 0.1) is 11.7 Å². The molecule has 1 saturated heterocycles. The molecular formula is C20H17ClFN3O3S. The quantitative estimate of drug-likeness (QED) is 0.644. The fourth-order valence-electron chi connectivity index (χ4n) is 3.21. The number of ether oxygens (including phenoxy) is 1. The maximum Gasteiger partial charge on any atom is 0.231 e. The van der Waals surface area contributed by atoms with Crippen molar-refractivity contribution in [1.29, 1.82) is 0 Å². The molecule has 29 heavy (non-hydrogen) atoms. The molecule has 0 spiro atoms. The van der Waals surface area contributed by atoms with E-state index in [-0.39, 0.29) is 29.8 Å². The van der Waals surface area contributed by atoms with Gasteiger partial charge in [-0.15, -0.1) is 0 Å². The second kappa shape index (κ2) is 7.96. The van der Waals surface area contributed by atoms with Crippen molar-refractivity contribution in [3.63, 3.8) is 0 Å². The molecule has 1 atom stereocenters. The molecule has 2 aromatic carbocycles. The summed E-state index contributed by atoms with van der Waals surface area (Å²) in [5, 5.41) is 3.20. The summed E-state index contributed by atoms with van der Waals surface area (Å²) in [6.07, 6.45) is 0.0697. The van der Waals surface area contributed by atoms with Gasteiger partial charge in [-0.2, -0.15) is 0 Å². The van der Waals surface area contributed by atoms with E-state index in [1.807, 2.05) is 25.1 Å². The first-order valence-electron chi connectivity index (χ1n) is 9.04. The average molecular weight is 434 g/mol. The smallest absolute Gasteiger partial charge is 0.231 e. The molecule has 4 rings (SSSR count). The number of rotatable bonds is 5. The molecule has 1 fully saturated rings. The van der Waals surface area contributed by atoms with Gasteiger partial charge < -0.3 is 15.0 Å². The molecule has 1 unspecified atom stereocenters. The van der Waals surface area contributed by atoms with Crippen molar-refractivity contribution in [2.75, 3.05) is 23.4 Å². The van der Waals surface area contributed by atoms with Gasteiger partial charge in [0, 0.05) is 18.7 Å². The summed E-state index contributed by atoms with van der Waals surface area (Å²) in [6.45, 7) is 2.68. The van der Waals surface area contributed by atoms with E-state index in [0.29, 0.717) is 17.4 Å². The van der Waals surface area contributed by atoms with Crippen molar-refractivity contribution < 1.29 is 18.7 Å². The molecule has 1 aliphatic rings. The number of nitrogens with one attached hydrogen (secondary N) is 1. The number of hydrogen-bond donors (Lipinski definition) is 1. The van der Waals surface area contributed by atoms with Gasteiger partial charge in [-0.3, -0.25) is 9.59 Å². The normalized spacial score (nSPS) is 16.4. The Bertz CT molecular complexity index is 1100. The number of halogens is 2. The Morgan fingerprint density at radius 1 is 1.38 bits per heavy atom. The van der Waals surface area contributed by atoms with Crippen molar-refractivity contribution in [1.82, 2.24) is 4.98 Å². The Labute approximate surface area is 175 Å². The van der Waals surface area contributed by atoms with Gasteiger partial charge in [-0.1, -0.05) is 22.9 Å². The summed E-state index contributed by atoms with van der Waals surface area (Å²) < 4.78 is 19.8. The number of benzene rings is 2. The van der Waals surface area contributed by atoms with Gasteiger partial charge in [-0.05, 0) is 43.3 Å². The molecule has 1 N–H and O–H groups in total. The average Bonchev–Trinajstić information content (AvgIpc) is 3.27. The minimum absolute atomic E-state index is 0.0656. The summed E-state index contributed by atoms with van der Waals surface area (Å²) in [4.78, 5) is 30.9. The van der Waals surface area contributed by atoms with Crippen molar-refractivity contribution >= 4 is 55.8 Å². The van der Waals surface area contributed by atoms with Crippen LogP contribution in [0.3, 0.4) is 0 Å². The third-order valence-electron chi connectivity index (χ3n) is 4.61. The Balaban J connectivity index is 1.46. The number of fused-ring (bicyclic) bond motifs is 1. The monoisotopic (exact) mass is 433 g/mol. The van der Waals surface area contributed by atoms with E-state index in [1.54, 1.807) is 0 Å². The van der Waals surface area contributed by atoms with Gasteiger partial charge >= 0.3 is 0 Å². The highest BCUT2D eigenvalue weighted by atomic mass is 35.5. The zero-order valence-corrected chi connectivity index (χ0v) is 17.0. The van der Waals surface area contributed by atoms with Crippen LogP contribution in [-0.4, -0.2) is 29.9 Å². The van der Waals surface area contributed by atoms with Gasteiger partial charge in [0.15, 0.2) is 5.13 Å². The standard InChI is InChI=1S/C20H17ClFN3O3S/c1-2-28-13-4-6-16-17(9-13)29-20(23-16)24-19(27)11-7-18(26)25(10-11)12-3-5-15(22)14(21)8-12/h3-6,8-9,11H,2,7,10H2,1H3,(H,23,24,27). The molecule has 9 heteroatoms. The first kappa shape index (κ1) is 19.6. The third-order valence-corrected chi connectivity index (χ3v) is 5.83. The predicted molar refractivity (Wildman–Crippen MR) is 111 cm³/mol. The molecule has 1 aliphatic heterocycles. The van der Waals surface area contributed by atoms with E-state index < -0.39 is 11.7 Å². The number of carbonyl (C=O) groups is 2. The molecule has 2 heterocycles. The van der Waals surface area contributed by atoms with E-state index >= 15 is 0 Å². The van der Waals surface area contributed by atoms with E-state index in [4.69, 9.17) is 16.3 Å². The van der Waals surface area contributed by atoms with Gasteiger partial charge in [-0.25, -0.2) is 9.37 Å². The van der Waals surface area contributed by atoms with E-state index in [0.717, 1.165) is 16.0 Å². The molecule has 0 radical (unpaired) electrons. The second-order valence-corrected chi connectivity index (χ2v) is 8.01. The summed E-state index contributed by atoms with van der Waals surface area (Å²) in [7, 11) is 0. The van der Waals surface area contributed by atoms with Gasteiger partial charge in [0.05, 0.1) is 27.8 Å². The molecule has 3 aromatic rings. The summed E-state index contributed by atoms with van der Waals surface area (Å²) in [6, 6.07) is 9.62. The first-order chi connectivity index (χ1) is 13.9. The number of hydrogen-bond acceptors (Lipinski definition) is 5. The predicted octanol–water partition coefficient (Wildman–Crippen LogP) is 4.48. The molecule has 2 amide bonds.